The Morgan fingerprint density at radius 3 is 2.81 bits per heavy atom. The largest absolute Gasteiger partial charge is 0.393 e. The molecule has 0 amide bonds. The molecule has 1 unspecified atom stereocenters. The average Bonchev–Trinajstić information content (AvgIpc) is 2.54. The van der Waals surface area contributed by atoms with E-state index in [4.69, 9.17) is 5.73 Å². The van der Waals surface area contributed by atoms with Crippen LogP contribution in [0.25, 0.3) is 0 Å². The summed E-state index contributed by atoms with van der Waals surface area (Å²) < 4.78 is 0. The minimum atomic E-state index is -0.501. The Hall–Kier alpha value is -1.91. The van der Waals surface area contributed by atoms with Crippen molar-refractivity contribution in [3.63, 3.8) is 0 Å². The monoisotopic (exact) mass is 220 g/mol. The van der Waals surface area contributed by atoms with E-state index in [1.54, 1.807) is 6.07 Å². The second-order valence-corrected chi connectivity index (χ2v) is 3.96. The maximum absolute atomic E-state index is 11.9. The first kappa shape index (κ1) is 10.6. The van der Waals surface area contributed by atoms with Crippen LogP contribution in [-0.2, 0) is 6.42 Å². The molecule has 0 saturated carbocycles. The van der Waals surface area contributed by atoms with Crippen molar-refractivity contribution in [3.05, 3.63) is 33.4 Å². The van der Waals surface area contributed by atoms with Crippen LogP contribution in [0, 0.1) is 16.0 Å². The number of carbonyl (C=O) groups excluding carboxylic acids is 1. The summed E-state index contributed by atoms with van der Waals surface area (Å²) in [5, 5.41) is 10.9. The number of benzene rings is 1. The number of hydrogen-bond acceptors (Lipinski definition) is 4. The molecule has 16 heavy (non-hydrogen) atoms. The average molecular weight is 220 g/mol. The van der Waals surface area contributed by atoms with Gasteiger partial charge in [0.25, 0.3) is 5.69 Å². The first-order valence-corrected chi connectivity index (χ1v) is 5.16. The van der Waals surface area contributed by atoms with E-state index in [0.717, 1.165) is 0 Å². The lowest BCUT2D eigenvalue weighted by Gasteiger charge is -2.02. The van der Waals surface area contributed by atoms with Crippen LogP contribution in [0.3, 0.4) is 0 Å². The van der Waals surface area contributed by atoms with Crippen LogP contribution < -0.4 is 5.73 Å². The van der Waals surface area contributed by atoms with E-state index in [9.17, 15) is 14.9 Å². The molecule has 2 N–H and O–H groups in total. The van der Waals surface area contributed by atoms with Crippen molar-refractivity contribution in [2.24, 2.45) is 5.92 Å². The van der Waals surface area contributed by atoms with Crippen LogP contribution in [0.2, 0.25) is 0 Å². The molecule has 0 aromatic heterocycles. The van der Waals surface area contributed by atoms with Crippen LogP contribution in [0.1, 0.15) is 29.3 Å². The van der Waals surface area contributed by atoms with Crippen molar-refractivity contribution in [2.75, 3.05) is 5.73 Å². The van der Waals surface area contributed by atoms with Gasteiger partial charge in [0.1, 0.15) is 5.69 Å². The second kappa shape index (κ2) is 3.59. The summed E-state index contributed by atoms with van der Waals surface area (Å²) in [4.78, 5) is 22.2. The highest BCUT2D eigenvalue weighted by molar-refractivity contribution is 6.04. The van der Waals surface area contributed by atoms with Gasteiger partial charge in [-0.2, -0.15) is 0 Å². The summed E-state index contributed by atoms with van der Waals surface area (Å²) in [6, 6.07) is 3.03. The third-order valence-electron chi connectivity index (χ3n) is 3.08. The number of nitro benzene ring substituents is 1. The number of fused-ring (bicyclic) bond motifs is 1. The number of rotatable bonds is 2. The maximum Gasteiger partial charge on any atom is 0.296 e. The molecule has 0 aliphatic heterocycles. The third-order valence-corrected chi connectivity index (χ3v) is 3.08. The standard InChI is InChI=1S/C11H12N2O3/c1-2-6-5-8-7(11(6)14)3-4-9(12)10(8)13(15)16/h3-4,6H,2,5,12H2,1H3. The van der Waals surface area contributed by atoms with Gasteiger partial charge in [-0.1, -0.05) is 6.92 Å². The maximum atomic E-state index is 11.9. The Morgan fingerprint density at radius 1 is 1.56 bits per heavy atom. The molecule has 1 aromatic rings. The van der Waals surface area contributed by atoms with Gasteiger partial charge in [-0.15, -0.1) is 0 Å². The Bertz CT molecular complexity index is 482. The van der Waals surface area contributed by atoms with Gasteiger partial charge < -0.3 is 5.73 Å². The first-order chi connectivity index (χ1) is 7.56. The fourth-order valence-electron chi connectivity index (χ4n) is 2.20. The lowest BCUT2D eigenvalue weighted by atomic mass is 10.0. The number of nitro groups is 1. The molecular formula is C11H12N2O3. The zero-order valence-corrected chi connectivity index (χ0v) is 8.90. The van der Waals surface area contributed by atoms with Crippen molar-refractivity contribution < 1.29 is 9.72 Å². The van der Waals surface area contributed by atoms with Crippen LogP contribution in [0.5, 0.6) is 0 Å². The number of nitrogens with zero attached hydrogens (tertiary/aromatic N) is 1. The lowest BCUT2D eigenvalue weighted by Crippen LogP contribution is -2.06. The van der Waals surface area contributed by atoms with Crippen molar-refractivity contribution in [3.8, 4) is 0 Å². The van der Waals surface area contributed by atoms with E-state index in [1.165, 1.54) is 6.07 Å². The number of anilines is 1. The van der Waals surface area contributed by atoms with E-state index < -0.39 is 4.92 Å². The summed E-state index contributed by atoms with van der Waals surface area (Å²) in [5.74, 6) is -0.129. The van der Waals surface area contributed by atoms with Gasteiger partial charge in [0.05, 0.1) is 4.92 Å². The van der Waals surface area contributed by atoms with Crippen molar-refractivity contribution in [2.45, 2.75) is 19.8 Å². The predicted molar refractivity (Wildman–Crippen MR) is 59.3 cm³/mol. The van der Waals surface area contributed by atoms with E-state index in [0.29, 0.717) is 24.0 Å². The Labute approximate surface area is 92.4 Å². The Kier molecular flexibility index (Phi) is 2.38. The molecule has 0 bridgehead atoms. The smallest absolute Gasteiger partial charge is 0.296 e. The van der Waals surface area contributed by atoms with E-state index in [-0.39, 0.29) is 23.1 Å². The minimum absolute atomic E-state index is 0.000556. The quantitative estimate of drug-likeness (QED) is 0.468. The third kappa shape index (κ3) is 1.36. The second-order valence-electron chi connectivity index (χ2n) is 3.96. The number of hydrogen-bond donors (Lipinski definition) is 1. The summed E-state index contributed by atoms with van der Waals surface area (Å²) in [6.45, 7) is 1.91. The zero-order chi connectivity index (χ0) is 11.9. The number of nitrogens with two attached hydrogens (primary N) is 1. The normalized spacial score (nSPS) is 18.6. The first-order valence-electron chi connectivity index (χ1n) is 5.16. The van der Waals surface area contributed by atoms with Gasteiger partial charge in [-0.25, -0.2) is 0 Å². The summed E-state index contributed by atoms with van der Waals surface area (Å²) in [5.41, 5.74) is 6.58. The topological polar surface area (TPSA) is 86.2 Å². The van der Waals surface area contributed by atoms with Gasteiger partial charge in [0.15, 0.2) is 5.78 Å². The van der Waals surface area contributed by atoms with Crippen LogP contribution in [0.4, 0.5) is 11.4 Å². The van der Waals surface area contributed by atoms with Crippen LogP contribution in [-0.4, -0.2) is 10.7 Å². The molecule has 0 saturated heterocycles. The number of ketones is 1. The van der Waals surface area contributed by atoms with E-state index in [1.807, 2.05) is 6.92 Å². The summed E-state index contributed by atoms with van der Waals surface area (Å²) in [6.07, 6.45) is 1.14. The summed E-state index contributed by atoms with van der Waals surface area (Å²) in [7, 11) is 0. The van der Waals surface area contributed by atoms with Crippen molar-refractivity contribution in [1.29, 1.82) is 0 Å². The highest BCUT2D eigenvalue weighted by Gasteiger charge is 2.35. The van der Waals surface area contributed by atoms with Crippen molar-refractivity contribution in [1.82, 2.24) is 0 Å². The molecule has 1 aliphatic rings. The van der Waals surface area contributed by atoms with Gasteiger partial charge in [0, 0.05) is 17.0 Å². The number of carbonyl (C=O) groups is 1. The van der Waals surface area contributed by atoms with Gasteiger partial charge in [-0.05, 0) is 25.0 Å². The zero-order valence-electron chi connectivity index (χ0n) is 8.90. The highest BCUT2D eigenvalue weighted by Crippen LogP contribution is 2.38. The van der Waals surface area contributed by atoms with Gasteiger partial charge in [-0.3, -0.25) is 14.9 Å². The molecule has 1 aromatic carbocycles. The van der Waals surface area contributed by atoms with Crippen molar-refractivity contribution >= 4 is 17.2 Å². The SMILES string of the molecule is CCC1Cc2c(ccc(N)c2[N+](=O)[O-])C1=O. The molecular weight excluding hydrogens is 208 g/mol. The van der Waals surface area contributed by atoms with Crippen LogP contribution in [0.15, 0.2) is 12.1 Å². The van der Waals surface area contributed by atoms with Gasteiger partial charge >= 0.3 is 0 Å². The minimum Gasteiger partial charge on any atom is -0.393 e. The molecule has 0 radical (unpaired) electrons. The predicted octanol–water partition coefficient (Wildman–Crippen LogP) is 1.94. The highest BCUT2D eigenvalue weighted by atomic mass is 16.6. The van der Waals surface area contributed by atoms with Crippen LogP contribution >= 0.6 is 0 Å². The summed E-state index contributed by atoms with van der Waals surface area (Å²) >= 11 is 0. The molecule has 0 spiro atoms. The van der Waals surface area contributed by atoms with Gasteiger partial charge in [0.2, 0.25) is 0 Å². The molecule has 2 rings (SSSR count). The molecule has 5 heteroatoms. The fraction of sp³-hybridized carbons (Fsp3) is 0.364. The lowest BCUT2D eigenvalue weighted by molar-refractivity contribution is -0.384. The van der Waals surface area contributed by atoms with E-state index in [2.05, 4.69) is 0 Å². The van der Waals surface area contributed by atoms with E-state index >= 15 is 0 Å². The Balaban J connectivity index is 2.61. The molecule has 84 valence electrons. The number of Topliss-reactive ketones (excluding diaryl/α,β-unsaturated/α-hetero) is 1. The molecule has 1 aliphatic carbocycles. The molecule has 1 atom stereocenters. The molecule has 5 nitrogen and oxygen atoms in total. The molecule has 0 fully saturated rings. The molecule has 0 heterocycles. The fourth-order valence-corrected chi connectivity index (χ4v) is 2.20. The number of nitrogen functional groups attached to an aromatic ring is 1. The Morgan fingerprint density at radius 2 is 2.25 bits per heavy atom.